The van der Waals surface area contributed by atoms with Gasteiger partial charge in [-0.05, 0) is 27.8 Å². The Labute approximate surface area is 177 Å². The van der Waals surface area contributed by atoms with Gasteiger partial charge in [-0.2, -0.15) is 0 Å². The molecule has 2 N–H and O–H groups in total. The smallest absolute Gasteiger partial charge is 0.414 e. The maximum absolute atomic E-state index is 12.4. The van der Waals surface area contributed by atoms with Crippen molar-refractivity contribution in [2.45, 2.75) is 6.54 Å². The summed E-state index contributed by atoms with van der Waals surface area (Å²) in [5, 5.41) is 19.4. The number of carbonyl (C=O) groups excluding carboxylic acids is 1. The van der Waals surface area contributed by atoms with Crippen LogP contribution in [0.5, 0.6) is 0 Å². The number of carboxylic acid groups (broad SMARTS) is 2. The molecule has 0 spiro atoms. The Balaban J connectivity index is 0.000000377. The first-order chi connectivity index (χ1) is 14.5. The van der Waals surface area contributed by atoms with E-state index in [1.807, 2.05) is 22.4 Å². The molecule has 1 aromatic heterocycles. The molecule has 4 rings (SSSR count). The minimum atomic E-state index is -1.82. The third-order valence-corrected chi connectivity index (χ3v) is 5.71. The van der Waals surface area contributed by atoms with E-state index in [1.54, 1.807) is 0 Å². The Morgan fingerprint density at radius 1 is 0.833 bits per heavy atom. The highest BCUT2D eigenvalue weighted by Gasteiger charge is 2.22. The number of hydrogen-bond acceptors (Lipinski definition) is 5. The predicted octanol–water partition coefficient (Wildman–Crippen LogP) is 3.01. The van der Waals surface area contributed by atoms with Crippen LogP contribution in [-0.2, 0) is 16.1 Å². The van der Waals surface area contributed by atoms with Crippen molar-refractivity contribution in [3.8, 4) is 0 Å². The largest absolute Gasteiger partial charge is 0.473 e. The van der Waals surface area contributed by atoms with Gasteiger partial charge in [0.2, 0.25) is 0 Å². The number of carboxylic acids is 2. The molecule has 1 fully saturated rings. The molecule has 1 aliphatic heterocycles. The average molecular weight is 426 g/mol. The number of rotatable bonds is 3. The predicted molar refractivity (Wildman–Crippen MR) is 115 cm³/mol. The van der Waals surface area contributed by atoms with Crippen LogP contribution in [0.2, 0.25) is 0 Å². The number of benzene rings is 2. The lowest BCUT2D eigenvalue weighted by molar-refractivity contribution is -0.159. The molecule has 2 aromatic carbocycles. The zero-order valence-electron chi connectivity index (χ0n) is 16.2. The summed E-state index contributed by atoms with van der Waals surface area (Å²) < 4.78 is 0. The van der Waals surface area contributed by atoms with Gasteiger partial charge in [-0.3, -0.25) is 9.69 Å². The Kier molecular flexibility index (Phi) is 7.16. The molecule has 2 heterocycles. The molecule has 0 radical (unpaired) electrons. The van der Waals surface area contributed by atoms with Crippen molar-refractivity contribution in [1.29, 1.82) is 0 Å². The van der Waals surface area contributed by atoms with E-state index in [2.05, 4.69) is 47.4 Å². The molecule has 0 bridgehead atoms. The van der Waals surface area contributed by atoms with E-state index < -0.39 is 11.9 Å². The number of nitrogens with zero attached hydrogens (tertiary/aromatic N) is 2. The minimum absolute atomic E-state index is 0.176. The van der Waals surface area contributed by atoms with Crippen LogP contribution in [0.15, 0.2) is 60.0 Å². The number of thiophene rings is 1. The van der Waals surface area contributed by atoms with Crippen LogP contribution in [-0.4, -0.2) is 64.0 Å². The first-order valence-corrected chi connectivity index (χ1v) is 10.3. The van der Waals surface area contributed by atoms with Gasteiger partial charge in [0.15, 0.2) is 0 Å². The van der Waals surface area contributed by atoms with Crippen molar-refractivity contribution in [1.82, 2.24) is 9.80 Å². The van der Waals surface area contributed by atoms with Crippen LogP contribution in [0.25, 0.3) is 10.8 Å². The second-order valence-electron chi connectivity index (χ2n) is 6.79. The average Bonchev–Trinajstić information content (AvgIpc) is 3.29. The summed E-state index contributed by atoms with van der Waals surface area (Å²) in [5.74, 6) is -3.47. The molecule has 1 amide bonds. The van der Waals surface area contributed by atoms with E-state index in [-0.39, 0.29) is 5.91 Å². The number of aliphatic carboxylic acids is 2. The van der Waals surface area contributed by atoms with E-state index in [0.717, 1.165) is 37.6 Å². The van der Waals surface area contributed by atoms with Gasteiger partial charge < -0.3 is 15.1 Å². The standard InChI is InChI=1S/C20H20N2OS.C2H2O4/c23-20(19-9-4-14-24-19)22-12-10-21(11-13-22)15-17-7-3-6-16-5-1-2-8-18(16)17;3-1(4)2(5)6/h1-9,14H,10-13,15H2;(H,3,4)(H,5,6). The van der Waals surface area contributed by atoms with Crippen LogP contribution < -0.4 is 0 Å². The van der Waals surface area contributed by atoms with Gasteiger partial charge in [0.1, 0.15) is 0 Å². The van der Waals surface area contributed by atoms with Crippen molar-refractivity contribution < 1.29 is 24.6 Å². The lowest BCUT2D eigenvalue weighted by atomic mass is 10.0. The molecular weight excluding hydrogens is 404 g/mol. The second-order valence-corrected chi connectivity index (χ2v) is 7.74. The van der Waals surface area contributed by atoms with E-state index >= 15 is 0 Å². The van der Waals surface area contributed by atoms with Crippen molar-refractivity contribution in [3.05, 3.63) is 70.4 Å². The quantitative estimate of drug-likeness (QED) is 0.625. The molecule has 0 atom stereocenters. The van der Waals surface area contributed by atoms with Gasteiger partial charge in [0, 0.05) is 32.7 Å². The van der Waals surface area contributed by atoms with Gasteiger partial charge in [0.25, 0.3) is 5.91 Å². The highest BCUT2D eigenvalue weighted by Crippen LogP contribution is 2.21. The van der Waals surface area contributed by atoms with Gasteiger partial charge in [-0.1, -0.05) is 48.5 Å². The van der Waals surface area contributed by atoms with Crippen molar-refractivity contribution in [3.63, 3.8) is 0 Å². The zero-order chi connectivity index (χ0) is 21.5. The maximum atomic E-state index is 12.4. The molecule has 156 valence electrons. The van der Waals surface area contributed by atoms with Crippen LogP contribution >= 0.6 is 11.3 Å². The third kappa shape index (κ3) is 5.43. The molecule has 0 aliphatic carbocycles. The summed E-state index contributed by atoms with van der Waals surface area (Å²) in [6, 6.07) is 18.9. The Morgan fingerprint density at radius 3 is 2.13 bits per heavy atom. The monoisotopic (exact) mass is 426 g/mol. The summed E-state index contributed by atoms with van der Waals surface area (Å²) >= 11 is 1.52. The lowest BCUT2D eigenvalue weighted by Crippen LogP contribution is -2.48. The summed E-state index contributed by atoms with van der Waals surface area (Å²) in [6.07, 6.45) is 0. The number of fused-ring (bicyclic) bond motifs is 1. The third-order valence-electron chi connectivity index (χ3n) is 4.85. The van der Waals surface area contributed by atoms with Crippen LogP contribution in [0.1, 0.15) is 15.2 Å². The molecule has 30 heavy (non-hydrogen) atoms. The normalized spacial score (nSPS) is 14.1. The molecular formula is C22H22N2O5S. The molecule has 3 aromatic rings. The molecule has 7 nitrogen and oxygen atoms in total. The van der Waals surface area contributed by atoms with E-state index in [4.69, 9.17) is 19.8 Å². The zero-order valence-corrected chi connectivity index (χ0v) is 17.0. The van der Waals surface area contributed by atoms with Crippen molar-refractivity contribution >= 4 is 40.0 Å². The number of piperazine rings is 1. The fourth-order valence-electron chi connectivity index (χ4n) is 3.34. The Hall–Kier alpha value is -3.23. The summed E-state index contributed by atoms with van der Waals surface area (Å²) in [4.78, 5) is 35.9. The SMILES string of the molecule is O=C(O)C(=O)O.O=C(c1cccs1)N1CCN(Cc2cccc3ccccc23)CC1. The first-order valence-electron chi connectivity index (χ1n) is 9.43. The lowest BCUT2D eigenvalue weighted by Gasteiger charge is -2.34. The number of carbonyl (C=O) groups is 3. The van der Waals surface area contributed by atoms with Crippen molar-refractivity contribution in [2.75, 3.05) is 26.2 Å². The van der Waals surface area contributed by atoms with E-state index in [9.17, 15) is 4.79 Å². The van der Waals surface area contributed by atoms with Gasteiger partial charge in [0.05, 0.1) is 4.88 Å². The van der Waals surface area contributed by atoms with E-state index in [0.29, 0.717) is 0 Å². The highest BCUT2D eigenvalue weighted by atomic mass is 32.1. The molecule has 0 unspecified atom stereocenters. The Morgan fingerprint density at radius 2 is 1.50 bits per heavy atom. The van der Waals surface area contributed by atoms with Gasteiger partial charge in [-0.25, -0.2) is 9.59 Å². The molecule has 0 saturated carbocycles. The number of hydrogen-bond donors (Lipinski definition) is 2. The summed E-state index contributed by atoms with van der Waals surface area (Å²) in [7, 11) is 0. The van der Waals surface area contributed by atoms with Crippen LogP contribution in [0.3, 0.4) is 0 Å². The fourth-order valence-corrected chi connectivity index (χ4v) is 4.03. The second kappa shape index (κ2) is 10.00. The maximum Gasteiger partial charge on any atom is 0.414 e. The first kappa shape index (κ1) is 21.5. The Bertz CT molecular complexity index is 1010. The van der Waals surface area contributed by atoms with Crippen LogP contribution in [0, 0.1) is 0 Å². The van der Waals surface area contributed by atoms with Gasteiger partial charge in [-0.15, -0.1) is 11.3 Å². The van der Waals surface area contributed by atoms with Crippen molar-refractivity contribution in [2.24, 2.45) is 0 Å². The topological polar surface area (TPSA) is 98.1 Å². The van der Waals surface area contributed by atoms with Crippen LogP contribution in [0.4, 0.5) is 0 Å². The molecule has 1 aliphatic rings. The van der Waals surface area contributed by atoms with Gasteiger partial charge >= 0.3 is 11.9 Å². The fraction of sp³-hybridized carbons (Fsp3) is 0.227. The van der Waals surface area contributed by atoms with E-state index in [1.165, 1.54) is 27.7 Å². The summed E-state index contributed by atoms with van der Waals surface area (Å²) in [6.45, 7) is 4.42. The molecule has 8 heteroatoms. The molecule has 1 saturated heterocycles. The minimum Gasteiger partial charge on any atom is -0.473 e. The summed E-state index contributed by atoms with van der Waals surface area (Å²) in [5.41, 5.74) is 1.37. The number of amides is 1. The highest BCUT2D eigenvalue weighted by molar-refractivity contribution is 7.12.